The second-order valence-corrected chi connectivity index (χ2v) is 5.14. The van der Waals surface area contributed by atoms with Crippen molar-refractivity contribution in [3.8, 4) is 5.75 Å². The number of phenolic OH excluding ortho intramolecular Hbond substituents is 1. The summed E-state index contributed by atoms with van der Waals surface area (Å²) < 4.78 is 16.2. The van der Waals surface area contributed by atoms with E-state index < -0.39 is 30.0 Å². The number of ether oxygens (including phenoxy) is 3. The maximum absolute atomic E-state index is 12.3. The predicted molar refractivity (Wildman–Crippen MR) is 75.1 cm³/mol. The van der Waals surface area contributed by atoms with Gasteiger partial charge in [-0.2, -0.15) is 0 Å². The van der Waals surface area contributed by atoms with Gasteiger partial charge in [0, 0.05) is 14.2 Å². The summed E-state index contributed by atoms with van der Waals surface area (Å²) in [6.07, 6.45) is -0.338. The molecule has 0 unspecified atom stereocenters. The van der Waals surface area contributed by atoms with Gasteiger partial charge in [0.15, 0.2) is 0 Å². The molecule has 2 aliphatic rings. The summed E-state index contributed by atoms with van der Waals surface area (Å²) in [5.41, 5.74) is 0.356. The molecule has 0 bridgehead atoms. The quantitative estimate of drug-likeness (QED) is 0.540. The van der Waals surface area contributed by atoms with Gasteiger partial charge in [-0.15, -0.1) is 0 Å². The van der Waals surface area contributed by atoms with Gasteiger partial charge in [0.25, 0.3) is 5.91 Å². The summed E-state index contributed by atoms with van der Waals surface area (Å²) in [7, 11) is 2.86. The number of carbonyl (C=O) groups is 1. The molecule has 1 saturated heterocycles. The molecule has 1 fully saturated rings. The zero-order chi connectivity index (χ0) is 15.9. The van der Waals surface area contributed by atoms with E-state index in [1.54, 1.807) is 12.1 Å². The molecule has 1 heterocycles. The molecule has 0 saturated carbocycles. The Morgan fingerprint density at radius 1 is 1.32 bits per heavy atom. The largest absolute Gasteiger partial charge is 0.507 e. The van der Waals surface area contributed by atoms with Crippen LogP contribution in [0.2, 0.25) is 0 Å². The van der Waals surface area contributed by atoms with Crippen LogP contribution < -0.4 is 5.32 Å². The average molecular weight is 307 g/mol. The van der Waals surface area contributed by atoms with Crippen molar-refractivity contribution in [2.24, 2.45) is 0 Å². The number of carbonyl (C=O) groups excluding carboxylic acids is 1. The van der Waals surface area contributed by atoms with Gasteiger partial charge in [0.05, 0.1) is 11.3 Å². The van der Waals surface area contributed by atoms with Crippen molar-refractivity contribution in [2.45, 2.75) is 24.1 Å². The van der Waals surface area contributed by atoms with Gasteiger partial charge in [0.2, 0.25) is 5.79 Å². The molecule has 1 amide bonds. The number of aliphatic hydroxyl groups is 1. The first kappa shape index (κ1) is 15.0. The Labute approximate surface area is 127 Å². The molecule has 1 aromatic rings. The number of para-hydroxylation sites is 1. The standard InChI is InChI=1S/C15H17NO6/c1-20-15(21-2)11(7-10(18)12-13(15)22-12)16-14(19)8-5-3-4-6-9(8)17/h3-7,10,12-13,17-18H,1-2H3,(H,16,19)/t10-,12-,13-/m0/s1. The van der Waals surface area contributed by atoms with E-state index in [9.17, 15) is 15.0 Å². The van der Waals surface area contributed by atoms with E-state index in [0.29, 0.717) is 0 Å². The third-order valence-corrected chi connectivity index (χ3v) is 3.95. The number of aliphatic hydroxyl groups excluding tert-OH is 1. The van der Waals surface area contributed by atoms with Crippen LogP contribution in [-0.2, 0) is 14.2 Å². The number of aromatic hydroxyl groups is 1. The molecule has 3 atom stereocenters. The molecular weight excluding hydrogens is 290 g/mol. The van der Waals surface area contributed by atoms with Gasteiger partial charge < -0.3 is 29.7 Å². The van der Waals surface area contributed by atoms with E-state index >= 15 is 0 Å². The lowest BCUT2D eigenvalue weighted by Crippen LogP contribution is -2.52. The van der Waals surface area contributed by atoms with Crippen molar-refractivity contribution >= 4 is 5.91 Å². The molecule has 118 valence electrons. The Bertz CT molecular complexity index is 624. The molecule has 3 rings (SSSR count). The Kier molecular flexibility index (Phi) is 3.65. The highest BCUT2D eigenvalue weighted by Gasteiger charge is 2.64. The number of rotatable bonds is 4. The van der Waals surface area contributed by atoms with E-state index in [0.717, 1.165) is 0 Å². The van der Waals surface area contributed by atoms with Crippen LogP contribution in [0.1, 0.15) is 10.4 Å². The minimum absolute atomic E-state index is 0.109. The summed E-state index contributed by atoms with van der Waals surface area (Å²) in [5.74, 6) is -1.96. The van der Waals surface area contributed by atoms with Gasteiger partial charge in [0.1, 0.15) is 24.1 Å². The molecular formula is C15H17NO6. The highest BCUT2D eigenvalue weighted by Crippen LogP contribution is 2.45. The maximum Gasteiger partial charge on any atom is 0.259 e. The average Bonchev–Trinajstić information content (AvgIpc) is 3.30. The third-order valence-electron chi connectivity index (χ3n) is 3.95. The number of amides is 1. The van der Waals surface area contributed by atoms with E-state index in [1.165, 1.54) is 32.4 Å². The first-order chi connectivity index (χ1) is 10.5. The van der Waals surface area contributed by atoms with Crippen molar-refractivity contribution < 1.29 is 29.2 Å². The van der Waals surface area contributed by atoms with Crippen LogP contribution in [0.15, 0.2) is 36.0 Å². The third kappa shape index (κ3) is 2.19. The van der Waals surface area contributed by atoms with Gasteiger partial charge in [-0.1, -0.05) is 12.1 Å². The van der Waals surface area contributed by atoms with E-state index in [1.807, 2.05) is 0 Å². The summed E-state index contributed by atoms with van der Waals surface area (Å²) in [5, 5.41) is 22.3. The number of nitrogens with one attached hydrogen (secondary N) is 1. The lowest BCUT2D eigenvalue weighted by atomic mass is 9.95. The second kappa shape index (κ2) is 5.36. The fraction of sp³-hybridized carbons (Fsp3) is 0.400. The molecule has 7 heteroatoms. The molecule has 1 aliphatic carbocycles. The fourth-order valence-corrected chi connectivity index (χ4v) is 2.74. The van der Waals surface area contributed by atoms with Crippen molar-refractivity contribution in [1.29, 1.82) is 0 Å². The minimum atomic E-state index is -1.29. The van der Waals surface area contributed by atoms with Gasteiger partial charge in [-0.3, -0.25) is 4.79 Å². The van der Waals surface area contributed by atoms with Crippen LogP contribution in [0, 0.1) is 0 Å². The first-order valence-electron chi connectivity index (χ1n) is 6.79. The number of hydrogen-bond donors (Lipinski definition) is 3. The van der Waals surface area contributed by atoms with Crippen LogP contribution in [0.5, 0.6) is 5.75 Å². The number of hydrogen-bond acceptors (Lipinski definition) is 6. The number of methoxy groups -OCH3 is 2. The highest BCUT2D eigenvalue weighted by molar-refractivity contribution is 5.97. The zero-order valence-corrected chi connectivity index (χ0v) is 12.1. The number of phenols is 1. The minimum Gasteiger partial charge on any atom is -0.507 e. The van der Waals surface area contributed by atoms with Crippen LogP contribution in [0.3, 0.4) is 0 Å². The second-order valence-electron chi connectivity index (χ2n) is 5.14. The Morgan fingerprint density at radius 2 is 2.00 bits per heavy atom. The molecule has 0 aromatic heterocycles. The van der Waals surface area contributed by atoms with E-state index in [-0.39, 0.29) is 17.0 Å². The van der Waals surface area contributed by atoms with Crippen LogP contribution in [0.25, 0.3) is 0 Å². The monoisotopic (exact) mass is 307 g/mol. The lowest BCUT2D eigenvalue weighted by molar-refractivity contribution is -0.195. The first-order valence-corrected chi connectivity index (χ1v) is 6.79. The fourth-order valence-electron chi connectivity index (χ4n) is 2.74. The summed E-state index contributed by atoms with van der Waals surface area (Å²) >= 11 is 0. The molecule has 0 spiro atoms. The van der Waals surface area contributed by atoms with Crippen molar-refractivity contribution in [3.63, 3.8) is 0 Å². The van der Waals surface area contributed by atoms with Crippen LogP contribution >= 0.6 is 0 Å². The number of epoxide rings is 1. The topological polar surface area (TPSA) is 101 Å². The smallest absolute Gasteiger partial charge is 0.259 e. The molecule has 3 N–H and O–H groups in total. The van der Waals surface area contributed by atoms with Crippen LogP contribution in [0.4, 0.5) is 0 Å². The van der Waals surface area contributed by atoms with Crippen molar-refractivity contribution in [1.82, 2.24) is 5.32 Å². The Morgan fingerprint density at radius 3 is 2.64 bits per heavy atom. The molecule has 1 aliphatic heterocycles. The molecule has 7 nitrogen and oxygen atoms in total. The normalized spacial score (nSPS) is 28.5. The summed E-state index contributed by atoms with van der Waals surface area (Å²) in [4.78, 5) is 12.3. The SMILES string of the molecule is COC1(OC)C(NC(=O)c2ccccc2O)=C[C@H](O)[C@@H]2O[C@@H]21. The van der Waals surface area contributed by atoms with Crippen molar-refractivity contribution in [3.05, 3.63) is 41.6 Å². The zero-order valence-electron chi connectivity index (χ0n) is 12.1. The molecule has 1 aromatic carbocycles. The summed E-state index contributed by atoms with van der Waals surface area (Å²) in [6, 6.07) is 6.16. The molecule has 0 radical (unpaired) electrons. The number of fused-ring (bicyclic) bond motifs is 1. The van der Waals surface area contributed by atoms with Crippen molar-refractivity contribution in [2.75, 3.05) is 14.2 Å². The van der Waals surface area contributed by atoms with Gasteiger partial charge >= 0.3 is 0 Å². The predicted octanol–water partition coefficient (Wildman–Crippen LogP) is 0.137. The van der Waals surface area contributed by atoms with Gasteiger partial charge in [-0.05, 0) is 18.2 Å². The maximum atomic E-state index is 12.3. The Hall–Kier alpha value is -1.93. The Balaban J connectivity index is 1.89. The lowest BCUT2D eigenvalue weighted by Gasteiger charge is -2.34. The van der Waals surface area contributed by atoms with Gasteiger partial charge in [-0.25, -0.2) is 0 Å². The molecule has 22 heavy (non-hydrogen) atoms. The number of benzene rings is 1. The van der Waals surface area contributed by atoms with E-state index in [4.69, 9.17) is 14.2 Å². The van der Waals surface area contributed by atoms with Crippen LogP contribution in [-0.4, -0.2) is 54.4 Å². The summed E-state index contributed by atoms with van der Waals surface area (Å²) in [6.45, 7) is 0. The van der Waals surface area contributed by atoms with E-state index in [2.05, 4.69) is 5.32 Å². The highest BCUT2D eigenvalue weighted by atomic mass is 16.7.